The van der Waals surface area contributed by atoms with E-state index in [0.717, 1.165) is 38.8 Å². The molecular weight excluding hydrogens is 615 g/mol. The SMILES string of the molecule is c1ccc(-c2nc3ccc4ccc5c(N(c6ccccc6)c6cccc7c6c6ccccc6n7-c6ccccc6)cccc5c4c3s2)cc1. The van der Waals surface area contributed by atoms with E-state index in [1.165, 1.54) is 48.1 Å². The predicted molar refractivity (Wildman–Crippen MR) is 209 cm³/mol. The van der Waals surface area contributed by atoms with Crippen molar-refractivity contribution in [3.8, 4) is 16.3 Å². The van der Waals surface area contributed by atoms with Gasteiger partial charge in [-0.05, 0) is 65.4 Å². The minimum absolute atomic E-state index is 1.03. The summed E-state index contributed by atoms with van der Waals surface area (Å²) >= 11 is 1.78. The molecule has 10 aromatic rings. The molecule has 0 fully saturated rings. The fourth-order valence-electron chi connectivity index (χ4n) is 7.47. The van der Waals surface area contributed by atoms with Crippen LogP contribution in [0.2, 0.25) is 0 Å². The van der Waals surface area contributed by atoms with Crippen LogP contribution >= 0.6 is 11.3 Å². The Morgan fingerprint density at radius 2 is 1.12 bits per heavy atom. The van der Waals surface area contributed by atoms with Gasteiger partial charge in [0.05, 0.1) is 32.6 Å². The van der Waals surface area contributed by atoms with E-state index in [1.807, 2.05) is 0 Å². The largest absolute Gasteiger partial charge is 0.309 e. The highest BCUT2D eigenvalue weighted by molar-refractivity contribution is 7.22. The molecule has 0 spiro atoms. The van der Waals surface area contributed by atoms with Crippen molar-refractivity contribution in [1.82, 2.24) is 9.55 Å². The Kier molecular flexibility index (Phi) is 6.36. The van der Waals surface area contributed by atoms with E-state index in [-0.39, 0.29) is 0 Å². The smallest absolute Gasteiger partial charge is 0.124 e. The summed E-state index contributed by atoms with van der Waals surface area (Å²) in [7, 11) is 0. The maximum Gasteiger partial charge on any atom is 0.124 e. The quantitative estimate of drug-likeness (QED) is 0.174. The Balaban J connectivity index is 1.27. The van der Waals surface area contributed by atoms with E-state index in [9.17, 15) is 0 Å². The number of hydrogen-bond donors (Lipinski definition) is 0. The summed E-state index contributed by atoms with van der Waals surface area (Å²) in [6, 6.07) is 63.1. The monoisotopic (exact) mass is 643 g/mol. The summed E-state index contributed by atoms with van der Waals surface area (Å²) in [5.41, 5.74) is 9.09. The molecule has 0 aliphatic heterocycles. The van der Waals surface area contributed by atoms with Crippen molar-refractivity contribution >= 4 is 82.0 Å². The van der Waals surface area contributed by atoms with E-state index in [4.69, 9.17) is 4.98 Å². The average Bonchev–Trinajstić information content (AvgIpc) is 3.76. The molecule has 230 valence electrons. The lowest BCUT2D eigenvalue weighted by atomic mass is 9.99. The number of para-hydroxylation sites is 3. The van der Waals surface area contributed by atoms with Gasteiger partial charge in [-0.25, -0.2) is 4.98 Å². The molecule has 0 aliphatic carbocycles. The number of thiazole rings is 1. The number of fused-ring (bicyclic) bond motifs is 8. The van der Waals surface area contributed by atoms with Crippen molar-refractivity contribution in [3.63, 3.8) is 0 Å². The molecule has 2 heterocycles. The van der Waals surface area contributed by atoms with Gasteiger partial charge >= 0.3 is 0 Å². The van der Waals surface area contributed by atoms with Crippen molar-refractivity contribution in [2.45, 2.75) is 0 Å². The van der Waals surface area contributed by atoms with E-state index in [2.05, 4.69) is 185 Å². The lowest BCUT2D eigenvalue weighted by Crippen LogP contribution is -2.11. The van der Waals surface area contributed by atoms with Crippen molar-refractivity contribution in [2.75, 3.05) is 4.90 Å². The average molecular weight is 644 g/mol. The minimum Gasteiger partial charge on any atom is -0.309 e. The van der Waals surface area contributed by atoms with Crippen LogP contribution < -0.4 is 4.90 Å². The van der Waals surface area contributed by atoms with Crippen LogP contribution in [0.4, 0.5) is 17.1 Å². The Morgan fingerprint density at radius 3 is 1.96 bits per heavy atom. The van der Waals surface area contributed by atoms with Gasteiger partial charge in [-0.3, -0.25) is 0 Å². The van der Waals surface area contributed by atoms with Crippen LogP contribution in [-0.2, 0) is 0 Å². The van der Waals surface area contributed by atoms with Gasteiger partial charge < -0.3 is 9.47 Å². The summed E-state index contributed by atoms with van der Waals surface area (Å²) in [5, 5.41) is 8.39. The van der Waals surface area contributed by atoms with Crippen LogP contribution in [0.25, 0.3) is 69.8 Å². The second kappa shape index (κ2) is 11.2. The van der Waals surface area contributed by atoms with Crippen molar-refractivity contribution in [1.29, 1.82) is 0 Å². The molecule has 10 rings (SSSR count). The fraction of sp³-hybridized carbons (Fsp3) is 0. The van der Waals surface area contributed by atoms with Crippen LogP contribution in [0, 0.1) is 0 Å². The molecule has 3 nitrogen and oxygen atoms in total. The van der Waals surface area contributed by atoms with Crippen LogP contribution in [-0.4, -0.2) is 9.55 Å². The summed E-state index contributed by atoms with van der Waals surface area (Å²) in [5.74, 6) is 0. The van der Waals surface area contributed by atoms with Crippen LogP contribution in [0.3, 0.4) is 0 Å². The van der Waals surface area contributed by atoms with Crippen LogP contribution in [0.15, 0.2) is 176 Å². The van der Waals surface area contributed by atoms with Crippen molar-refractivity contribution in [3.05, 3.63) is 176 Å². The maximum atomic E-state index is 5.09. The molecule has 0 N–H and O–H groups in total. The molecule has 0 unspecified atom stereocenters. The fourth-order valence-corrected chi connectivity index (χ4v) is 8.61. The van der Waals surface area contributed by atoms with Gasteiger partial charge in [-0.2, -0.15) is 0 Å². The molecule has 2 aromatic heterocycles. The molecule has 0 saturated heterocycles. The second-order valence-corrected chi connectivity index (χ2v) is 13.4. The van der Waals surface area contributed by atoms with Gasteiger partial charge in [0.1, 0.15) is 5.01 Å². The van der Waals surface area contributed by atoms with Gasteiger partial charge in [0.2, 0.25) is 0 Å². The third-order valence-electron chi connectivity index (χ3n) is 9.58. The summed E-state index contributed by atoms with van der Waals surface area (Å²) in [6.45, 7) is 0. The maximum absolute atomic E-state index is 5.09. The molecule has 0 bridgehead atoms. The van der Waals surface area contributed by atoms with Crippen molar-refractivity contribution < 1.29 is 0 Å². The molecule has 49 heavy (non-hydrogen) atoms. The first-order chi connectivity index (χ1) is 24.3. The zero-order valence-corrected chi connectivity index (χ0v) is 27.3. The van der Waals surface area contributed by atoms with Crippen LogP contribution in [0.5, 0.6) is 0 Å². The zero-order chi connectivity index (χ0) is 32.3. The number of rotatable bonds is 5. The Morgan fingerprint density at radius 1 is 0.469 bits per heavy atom. The molecule has 8 aromatic carbocycles. The molecule has 4 heteroatoms. The van der Waals surface area contributed by atoms with Gasteiger partial charge in [0.15, 0.2) is 0 Å². The third kappa shape index (κ3) is 4.38. The Labute approximate surface area is 287 Å². The predicted octanol–water partition coefficient (Wildman–Crippen LogP) is 12.8. The lowest BCUT2D eigenvalue weighted by molar-refractivity contribution is 1.18. The number of benzene rings is 8. The molecule has 0 aliphatic rings. The molecule has 0 amide bonds. The van der Waals surface area contributed by atoms with Gasteiger partial charge in [-0.1, -0.05) is 121 Å². The Hall–Kier alpha value is -6.23. The Bertz CT molecular complexity index is 2820. The molecule has 0 atom stereocenters. The van der Waals surface area contributed by atoms with E-state index < -0.39 is 0 Å². The van der Waals surface area contributed by atoms with Gasteiger partial charge in [-0.15, -0.1) is 11.3 Å². The lowest BCUT2D eigenvalue weighted by Gasteiger charge is -2.28. The first kappa shape index (κ1) is 27.8. The van der Waals surface area contributed by atoms with Gasteiger partial charge in [0.25, 0.3) is 0 Å². The number of anilines is 3. The number of aromatic nitrogens is 2. The third-order valence-corrected chi connectivity index (χ3v) is 10.7. The number of nitrogens with zero attached hydrogens (tertiary/aromatic N) is 3. The molecular formula is C45H29N3S. The summed E-state index contributed by atoms with van der Waals surface area (Å²) in [4.78, 5) is 7.53. The van der Waals surface area contributed by atoms with E-state index in [1.54, 1.807) is 11.3 Å². The second-order valence-electron chi connectivity index (χ2n) is 12.4. The normalized spacial score (nSPS) is 11.7. The first-order valence-electron chi connectivity index (χ1n) is 16.6. The van der Waals surface area contributed by atoms with E-state index in [0.29, 0.717) is 0 Å². The molecule has 0 saturated carbocycles. The summed E-state index contributed by atoms with van der Waals surface area (Å²) < 4.78 is 3.61. The highest BCUT2D eigenvalue weighted by Gasteiger charge is 2.23. The highest BCUT2D eigenvalue weighted by atomic mass is 32.1. The van der Waals surface area contributed by atoms with E-state index >= 15 is 0 Å². The summed E-state index contributed by atoms with van der Waals surface area (Å²) in [6.07, 6.45) is 0. The van der Waals surface area contributed by atoms with Gasteiger partial charge in [0, 0.05) is 38.5 Å². The first-order valence-corrected chi connectivity index (χ1v) is 17.4. The number of hydrogen-bond acceptors (Lipinski definition) is 3. The standard InChI is InChI=1S/C45H29N3S/c1-4-14-31(15-5-1)45-46-37-29-27-30-26-28-34-35(42(30)44(37)49-45)21-12-23-38(34)47(32-16-6-2-7-17-32)40-24-13-25-41-43(40)36-20-10-11-22-39(36)48(41)33-18-8-3-9-19-33/h1-29H. The minimum atomic E-state index is 1.03. The molecule has 0 radical (unpaired) electrons. The highest BCUT2D eigenvalue weighted by Crippen LogP contribution is 2.47. The topological polar surface area (TPSA) is 21.1 Å². The zero-order valence-electron chi connectivity index (χ0n) is 26.5. The van der Waals surface area contributed by atoms with Crippen LogP contribution in [0.1, 0.15) is 0 Å². The van der Waals surface area contributed by atoms with Crippen molar-refractivity contribution in [2.24, 2.45) is 0 Å².